The van der Waals surface area contributed by atoms with Gasteiger partial charge in [0.2, 0.25) is 0 Å². The Morgan fingerprint density at radius 3 is 1.31 bits per heavy atom. The Labute approximate surface area is 204 Å². The number of pyridine rings is 2. The predicted molar refractivity (Wildman–Crippen MR) is 139 cm³/mol. The van der Waals surface area contributed by atoms with Crippen molar-refractivity contribution in [1.29, 1.82) is 0 Å². The summed E-state index contributed by atoms with van der Waals surface area (Å²) >= 11 is 7.24. The Hall–Kier alpha value is -3.08. The summed E-state index contributed by atoms with van der Waals surface area (Å²) in [6, 6.07) is 33.1. The molecule has 32 heavy (non-hydrogen) atoms. The van der Waals surface area contributed by atoms with Crippen molar-refractivity contribution in [2.24, 2.45) is 0 Å². The van der Waals surface area contributed by atoms with Crippen molar-refractivity contribution in [3.63, 3.8) is 0 Å². The Morgan fingerprint density at radius 1 is 0.438 bits per heavy atom. The first-order chi connectivity index (χ1) is 15.7. The Kier molecular flexibility index (Phi) is 5.97. The van der Waals surface area contributed by atoms with E-state index in [1.807, 2.05) is 48.8 Å². The molecule has 0 saturated heterocycles. The molecule has 0 bridgehead atoms. The molecule has 3 aromatic carbocycles. The van der Waals surface area contributed by atoms with Gasteiger partial charge in [0.25, 0.3) is 0 Å². The standard InChI is InChI=1S/C28H18Br2N2/c29-25-10-3-1-8-23(25)21-12-14-27(31-17-21)19-6-5-7-20(16-19)28-15-13-22(18-32-28)24-9-2-4-11-26(24)30/h1-18H. The van der Waals surface area contributed by atoms with Crippen LogP contribution < -0.4 is 0 Å². The highest BCUT2D eigenvalue weighted by molar-refractivity contribution is 9.11. The van der Waals surface area contributed by atoms with Crippen LogP contribution in [0.5, 0.6) is 0 Å². The first-order valence-corrected chi connectivity index (χ1v) is 11.8. The fourth-order valence-corrected chi connectivity index (χ4v) is 4.70. The van der Waals surface area contributed by atoms with Gasteiger partial charge in [0.1, 0.15) is 0 Å². The summed E-state index contributed by atoms with van der Waals surface area (Å²) in [6.45, 7) is 0. The molecule has 5 aromatic rings. The molecule has 0 fully saturated rings. The monoisotopic (exact) mass is 540 g/mol. The van der Waals surface area contributed by atoms with Gasteiger partial charge in [0.05, 0.1) is 11.4 Å². The van der Waals surface area contributed by atoms with E-state index < -0.39 is 0 Å². The van der Waals surface area contributed by atoms with E-state index in [4.69, 9.17) is 9.97 Å². The predicted octanol–water partition coefficient (Wildman–Crippen LogP) is 8.67. The van der Waals surface area contributed by atoms with Crippen LogP contribution >= 0.6 is 31.9 Å². The molecule has 0 aliphatic heterocycles. The molecule has 2 nitrogen and oxygen atoms in total. The molecule has 0 atom stereocenters. The fraction of sp³-hybridized carbons (Fsp3) is 0. The van der Waals surface area contributed by atoms with E-state index in [9.17, 15) is 0 Å². The summed E-state index contributed by atoms with van der Waals surface area (Å²) in [6.07, 6.45) is 3.85. The van der Waals surface area contributed by atoms with Crippen LogP contribution in [0.25, 0.3) is 44.8 Å². The quantitative estimate of drug-likeness (QED) is 0.227. The van der Waals surface area contributed by atoms with Crippen molar-refractivity contribution in [3.05, 3.63) is 118 Å². The molecule has 0 spiro atoms. The number of aromatic nitrogens is 2. The van der Waals surface area contributed by atoms with Gasteiger partial charge in [-0.25, -0.2) is 0 Å². The highest BCUT2D eigenvalue weighted by Gasteiger charge is 2.08. The van der Waals surface area contributed by atoms with Gasteiger partial charge in [-0.05, 0) is 41.5 Å². The highest BCUT2D eigenvalue weighted by atomic mass is 79.9. The number of nitrogens with zero attached hydrogens (tertiary/aromatic N) is 2. The minimum atomic E-state index is 0.937. The van der Waals surface area contributed by atoms with Gasteiger partial charge in [-0.15, -0.1) is 0 Å². The molecule has 0 aliphatic rings. The van der Waals surface area contributed by atoms with Gasteiger partial charge in [-0.3, -0.25) is 9.97 Å². The number of benzene rings is 3. The van der Waals surface area contributed by atoms with E-state index in [1.54, 1.807) is 0 Å². The topological polar surface area (TPSA) is 25.8 Å². The molecule has 0 saturated carbocycles. The second-order valence-electron chi connectivity index (χ2n) is 7.40. The summed E-state index contributed by atoms with van der Waals surface area (Å²) in [5.74, 6) is 0. The third-order valence-corrected chi connectivity index (χ3v) is 6.73. The van der Waals surface area contributed by atoms with Crippen molar-refractivity contribution in [2.45, 2.75) is 0 Å². The minimum Gasteiger partial charge on any atom is -0.256 e. The van der Waals surface area contributed by atoms with E-state index in [-0.39, 0.29) is 0 Å². The third-order valence-electron chi connectivity index (χ3n) is 5.35. The van der Waals surface area contributed by atoms with Gasteiger partial charge in [-0.1, -0.05) is 98.6 Å². The lowest BCUT2D eigenvalue weighted by atomic mass is 10.0. The summed E-state index contributed by atoms with van der Waals surface area (Å²) < 4.78 is 2.13. The minimum absolute atomic E-state index is 0.937. The van der Waals surface area contributed by atoms with Crippen LogP contribution in [0, 0.1) is 0 Å². The van der Waals surface area contributed by atoms with Crippen LogP contribution in [0.1, 0.15) is 0 Å². The van der Waals surface area contributed by atoms with E-state index in [0.717, 1.165) is 53.7 Å². The zero-order valence-corrected chi connectivity index (χ0v) is 20.2. The van der Waals surface area contributed by atoms with Crippen molar-refractivity contribution in [3.8, 4) is 44.8 Å². The maximum atomic E-state index is 4.72. The van der Waals surface area contributed by atoms with Crippen LogP contribution in [0.2, 0.25) is 0 Å². The Balaban J connectivity index is 1.43. The number of hydrogen-bond donors (Lipinski definition) is 0. The lowest BCUT2D eigenvalue weighted by molar-refractivity contribution is 1.31. The molecule has 5 rings (SSSR count). The Morgan fingerprint density at radius 2 is 0.906 bits per heavy atom. The lowest BCUT2D eigenvalue weighted by Crippen LogP contribution is -1.89. The largest absolute Gasteiger partial charge is 0.256 e. The van der Waals surface area contributed by atoms with Gasteiger partial charge >= 0.3 is 0 Å². The smallest absolute Gasteiger partial charge is 0.0702 e. The normalized spacial score (nSPS) is 10.8. The first-order valence-electron chi connectivity index (χ1n) is 10.2. The summed E-state index contributed by atoms with van der Waals surface area (Å²) in [5, 5.41) is 0. The third kappa shape index (κ3) is 4.29. The summed E-state index contributed by atoms with van der Waals surface area (Å²) in [4.78, 5) is 9.44. The van der Waals surface area contributed by atoms with Crippen LogP contribution in [0.4, 0.5) is 0 Å². The first kappa shape index (κ1) is 20.8. The zero-order valence-electron chi connectivity index (χ0n) is 17.0. The fourth-order valence-electron chi connectivity index (χ4n) is 3.68. The van der Waals surface area contributed by atoms with Crippen LogP contribution in [-0.2, 0) is 0 Å². The van der Waals surface area contributed by atoms with Crippen LogP contribution in [0.15, 0.2) is 118 Å². The van der Waals surface area contributed by atoms with Crippen molar-refractivity contribution in [1.82, 2.24) is 9.97 Å². The molecule has 0 unspecified atom stereocenters. The zero-order chi connectivity index (χ0) is 21.9. The number of hydrogen-bond acceptors (Lipinski definition) is 2. The van der Waals surface area contributed by atoms with E-state index in [0.29, 0.717) is 0 Å². The van der Waals surface area contributed by atoms with Gasteiger partial charge in [0, 0.05) is 43.6 Å². The second-order valence-corrected chi connectivity index (χ2v) is 9.11. The highest BCUT2D eigenvalue weighted by Crippen LogP contribution is 2.31. The van der Waals surface area contributed by atoms with Crippen LogP contribution in [-0.4, -0.2) is 9.97 Å². The van der Waals surface area contributed by atoms with Gasteiger partial charge in [0.15, 0.2) is 0 Å². The number of halogens is 2. The maximum absolute atomic E-state index is 4.72. The molecule has 0 amide bonds. The average molecular weight is 542 g/mol. The summed E-state index contributed by atoms with van der Waals surface area (Å²) in [5.41, 5.74) is 8.45. The second kappa shape index (κ2) is 9.19. The van der Waals surface area contributed by atoms with Crippen LogP contribution in [0.3, 0.4) is 0 Å². The SMILES string of the molecule is Brc1ccccc1-c1ccc(-c2cccc(-c3ccc(-c4ccccc4Br)cn3)c2)nc1. The number of rotatable bonds is 4. The van der Waals surface area contributed by atoms with Crippen molar-refractivity contribution in [2.75, 3.05) is 0 Å². The molecule has 4 heteroatoms. The van der Waals surface area contributed by atoms with Crippen molar-refractivity contribution >= 4 is 31.9 Å². The maximum Gasteiger partial charge on any atom is 0.0702 e. The van der Waals surface area contributed by atoms with Gasteiger partial charge < -0.3 is 0 Å². The molecule has 2 heterocycles. The molecule has 0 aliphatic carbocycles. The molecule has 154 valence electrons. The molecular weight excluding hydrogens is 524 g/mol. The average Bonchev–Trinajstić information content (AvgIpc) is 2.85. The van der Waals surface area contributed by atoms with E-state index >= 15 is 0 Å². The lowest BCUT2D eigenvalue weighted by Gasteiger charge is -2.08. The van der Waals surface area contributed by atoms with E-state index in [2.05, 4.69) is 92.5 Å². The molecule has 0 radical (unpaired) electrons. The van der Waals surface area contributed by atoms with Crippen molar-refractivity contribution < 1.29 is 0 Å². The molecule has 0 N–H and O–H groups in total. The van der Waals surface area contributed by atoms with E-state index in [1.165, 1.54) is 0 Å². The summed E-state index contributed by atoms with van der Waals surface area (Å²) in [7, 11) is 0. The molecule has 2 aromatic heterocycles. The van der Waals surface area contributed by atoms with Gasteiger partial charge in [-0.2, -0.15) is 0 Å². The Bertz CT molecular complexity index is 1270. The molecular formula is C28H18Br2N2.